The number of hydrazone groups is 1. The van der Waals surface area contributed by atoms with Crippen LogP contribution in [0.3, 0.4) is 0 Å². The van der Waals surface area contributed by atoms with Gasteiger partial charge in [-0.25, -0.2) is 0 Å². The minimum atomic E-state index is 0.656. The second kappa shape index (κ2) is 8.44. The van der Waals surface area contributed by atoms with Crippen LogP contribution in [-0.2, 0) is 5.75 Å². The predicted octanol–water partition coefficient (Wildman–Crippen LogP) is 3.84. The van der Waals surface area contributed by atoms with Crippen molar-refractivity contribution in [2.24, 2.45) is 5.10 Å². The predicted molar refractivity (Wildman–Crippen MR) is 94.1 cm³/mol. The fourth-order valence-electron chi connectivity index (χ4n) is 1.60. The van der Waals surface area contributed by atoms with Gasteiger partial charge in [0.05, 0.1) is 13.3 Å². The molecular formula is C16H16N2OS2. The SMILES string of the molecule is COc1ccc(/C=N/NC(=S)SCc2ccccc2)cc1. The number of thiocarbonyl (C=S) groups is 1. The van der Waals surface area contributed by atoms with Crippen molar-refractivity contribution in [3.8, 4) is 5.75 Å². The summed E-state index contributed by atoms with van der Waals surface area (Å²) < 4.78 is 5.76. The normalized spacial score (nSPS) is 10.5. The van der Waals surface area contributed by atoms with Gasteiger partial charge >= 0.3 is 0 Å². The molecule has 0 aromatic heterocycles. The van der Waals surface area contributed by atoms with Gasteiger partial charge in [0.25, 0.3) is 0 Å². The Hall–Kier alpha value is -1.85. The van der Waals surface area contributed by atoms with Gasteiger partial charge in [-0.3, -0.25) is 5.43 Å². The Morgan fingerprint density at radius 1 is 1.19 bits per heavy atom. The summed E-state index contributed by atoms with van der Waals surface area (Å²) in [7, 11) is 1.65. The highest BCUT2D eigenvalue weighted by Gasteiger charge is 1.97. The molecule has 5 heteroatoms. The zero-order chi connectivity index (χ0) is 14.9. The Morgan fingerprint density at radius 2 is 1.90 bits per heavy atom. The largest absolute Gasteiger partial charge is 0.497 e. The third-order valence-corrected chi connectivity index (χ3v) is 3.97. The summed E-state index contributed by atoms with van der Waals surface area (Å²) in [5.74, 6) is 1.67. The first-order valence-corrected chi connectivity index (χ1v) is 7.81. The van der Waals surface area contributed by atoms with Crippen LogP contribution in [0.1, 0.15) is 11.1 Å². The lowest BCUT2D eigenvalue weighted by Crippen LogP contribution is -2.11. The van der Waals surface area contributed by atoms with Crippen molar-refractivity contribution < 1.29 is 4.74 Å². The van der Waals surface area contributed by atoms with Crippen LogP contribution < -0.4 is 10.2 Å². The average molecular weight is 316 g/mol. The molecule has 0 fully saturated rings. The molecule has 0 aliphatic rings. The number of nitrogens with zero attached hydrogens (tertiary/aromatic N) is 1. The minimum absolute atomic E-state index is 0.656. The van der Waals surface area contributed by atoms with Crippen LogP contribution in [0.2, 0.25) is 0 Å². The molecule has 0 saturated heterocycles. The zero-order valence-electron chi connectivity index (χ0n) is 11.7. The lowest BCUT2D eigenvalue weighted by Gasteiger charge is -2.03. The van der Waals surface area contributed by atoms with E-state index >= 15 is 0 Å². The molecule has 0 unspecified atom stereocenters. The highest BCUT2D eigenvalue weighted by Crippen LogP contribution is 2.12. The van der Waals surface area contributed by atoms with Crippen LogP contribution in [0, 0.1) is 0 Å². The van der Waals surface area contributed by atoms with Gasteiger partial charge in [-0.15, -0.1) is 0 Å². The van der Waals surface area contributed by atoms with Gasteiger partial charge in [0.15, 0.2) is 4.32 Å². The molecule has 108 valence electrons. The molecule has 0 atom stereocenters. The number of ether oxygens (including phenoxy) is 1. The van der Waals surface area contributed by atoms with E-state index in [1.807, 2.05) is 42.5 Å². The zero-order valence-corrected chi connectivity index (χ0v) is 13.3. The van der Waals surface area contributed by atoms with Crippen molar-refractivity contribution in [3.05, 3.63) is 65.7 Å². The van der Waals surface area contributed by atoms with Gasteiger partial charge in [0.1, 0.15) is 5.75 Å². The topological polar surface area (TPSA) is 33.6 Å². The van der Waals surface area contributed by atoms with Crippen LogP contribution in [0.4, 0.5) is 0 Å². The summed E-state index contributed by atoms with van der Waals surface area (Å²) in [6.45, 7) is 0. The first-order valence-electron chi connectivity index (χ1n) is 6.42. The smallest absolute Gasteiger partial charge is 0.154 e. The van der Waals surface area contributed by atoms with Crippen LogP contribution in [0.25, 0.3) is 0 Å². The number of rotatable bonds is 5. The van der Waals surface area contributed by atoms with Crippen LogP contribution >= 0.6 is 24.0 Å². The quantitative estimate of drug-likeness (QED) is 0.516. The van der Waals surface area contributed by atoms with E-state index in [1.165, 1.54) is 5.56 Å². The van der Waals surface area contributed by atoms with Crippen LogP contribution in [-0.4, -0.2) is 17.6 Å². The Labute approximate surface area is 134 Å². The van der Waals surface area contributed by atoms with E-state index in [0.717, 1.165) is 17.1 Å². The van der Waals surface area contributed by atoms with Crippen molar-refractivity contribution in [2.45, 2.75) is 5.75 Å². The van der Waals surface area contributed by atoms with E-state index in [-0.39, 0.29) is 0 Å². The van der Waals surface area contributed by atoms with Gasteiger partial charge in [-0.2, -0.15) is 5.10 Å². The van der Waals surface area contributed by atoms with E-state index in [4.69, 9.17) is 17.0 Å². The maximum absolute atomic E-state index is 5.23. The van der Waals surface area contributed by atoms with Crippen molar-refractivity contribution in [1.29, 1.82) is 0 Å². The fraction of sp³-hybridized carbons (Fsp3) is 0.125. The Morgan fingerprint density at radius 3 is 2.57 bits per heavy atom. The highest BCUT2D eigenvalue weighted by atomic mass is 32.2. The maximum atomic E-state index is 5.23. The number of hydrogen-bond acceptors (Lipinski definition) is 4. The molecule has 0 bridgehead atoms. The molecule has 3 nitrogen and oxygen atoms in total. The minimum Gasteiger partial charge on any atom is -0.497 e. The third-order valence-electron chi connectivity index (χ3n) is 2.70. The molecule has 2 aromatic rings. The van der Waals surface area contributed by atoms with E-state index in [1.54, 1.807) is 25.1 Å². The maximum Gasteiger partial charge on any atom is 0.154 e. The summed E-state index contributed by atoms with van der Waals surface area (Å²) in [5, 5.41) is 4.13. The Kier molecular flexibility index (Phi) is 6.24. The molecule has 1 N–H and O–H groups in total. The Balaban J connectivity index is 1.76. The molecule has 0 amide bonds. The number of benzene rings is 2. The molecule has 21 heavy (non-hydrogen) atoms. The summed E-state index contributed by atoms with van der Waals surface area (Å²) in [6, 6.07) is 17.9. The van der Waals surface area contributed by atoms with Crippen LogP contribution in [0.5, 0.6) is 5.75 Å². The monoisotopic (exact) mass is 316 g/mol. The van der Waals surface area contributed by atoms with E-state index in [2.05, 4.69) is 22.7 Å². The highest BCUT2D eigenvalue weighted by molar-refractivity contribution is 8.22. The summed E-state index contributed by atoms with van der Waals surface area (Å²) in [6.07, 6.45) is 1.73. The van der Waals surface area contributed by atoms with Gasteiger partial charge in [-0.1, -0.05) is 54.3 Å². The second-order valence-electron chi connectivity index (χ2n) is 4.20. The molecule has 2 rings (SSSR count). The third kappa shape index (κ3) is 5.57. The summed E-state index contributed by atoms with van der Waals surface area (Å²) in [4.78, 5) is 0. The van der Waals surface area contributed by atoms with E-state index < -0.39 is 0 Å². The van der Waals surface area contributed by atoms with Crippen molar-refractivity contribution >= 4 is 34.5 Å². The molecule has 0 radical (unpaired) electrons. The number of nitrogens with one attached hydrogen (secondary N) is 1. The first kappa shape index (κ1) is 15.5. The molecule has 0 heterocycles. The molecule has 0 saturated carbocycles. The number of thioether (sulfide) groups is 1. The van der Waals surface area contributed by atoms with Crippen LogP contribution in [0.15, 0.2) is 59.7 Å². The van der Waals surface area contributed by atoms with Gasteiger partial charge < -0.3 is 4.74 Å². The summed E-state index contributed by atoms with van der Waals surface area (Å²) >= 11 is 6.78. The lowest BCUT2D eigenvalue weighted by atomic mass is 10.2. The fourth-order valence-corrected chi connectivity index (χ4v) is 2.44. The van der Waals surface area contributed by atoms with Gasteiger partial charge in [0, 0.05) is 5.75 Å². The molecule has 0 spiro atoms. The van der Waals surface area contributed by atoms with E-state index in [0.29, 0.717) is 4.32 Å². The van der Waals surface area contributed by atoms with Crippen molar-refractivity contribution in [1.82, 2.24) is 5.43 Å². The molecule has 0 aliphatic carbocycles. The van der Waals surface area contributed by atoms with Crippen molar-refractivity contribution in [3.63, 3.8) is 0 Å². The van der Waals surface area contributed by atoms with Crippen molar-refractivity contribution in [2.75, 3.05) is 7.11 Å². The number of methoxy groups -OCH3 is 1. The number of hydrogen-bond donors (Lipinski definition) is 1. The van der Waals surface area contributed by atoms with Gasteiger partial charge in [0.2, 0.25) is 0 Å². The Bertz CT molecular complexity index is 597. The standard InChI is InChI=1S/C16H16N2OS2/c1-19-15-9-7-13(8-10-15)11-17-18-16(20)21-12-14-5-3-2-4-6-14/h2-11H,12H2,1H3,(H,18,20)/b17-11+. The first-order chi connectivity index (χ1) is 10.3. The van der Waals surface area contributed by atoms with Gasteiger partial charge in [-0.05, 0) is 35.4 Å². The molecule has 2 aromatic carbocycles. The van der Waals surface area contributed by atoms with E-state index in [9.17, 15) is 0 Å². The second-order valence-corrected chi connectivity index (χ2v) is 5.86. The molecule has 0 aliphatic heterocycles. The molecular weight excluding hydrogens is 300 g/mol. The summed E-state index contributed by atoms with van der Waals surface area (Å²) in [5.41, 5.74) is 5.09. The lowest BCUT2D eigenvalue weighted by molar-refractivity contribution is 0.415. The average Bonchev–Trinajstić information content (AvgIpc) is 2.54.